The van der Waals surface area contributed by atoms with Gasteiger partial charge in [0, 0.05) is 17.4 Å². The average molecular weight is 383 g/mol. The van der Waals surface area contributed by atoms with E-state index in [4.69, 9.17) is 9.47 Å². The van der Waals surface area contributed by atoms with Gasteiger partial charge in [0.15, 0.2) is 0 Å². The molecule has 0 unspecified atom stereocenters. The Hall–Kier alpha value is -2.95. The molecule has 2 aromatic carbocycles. The number of carbonyl (C=O) groups excluding carboxylic acids is 1. The van der Waals surface area contributed by atoms with Gasteiger partial charge in [-0.2, -0.15) is 0 Å². The second-order valence-electron chi connectivity index (χ2n) is 6.46. The van der Waals surface area contributed by atoms with Crippen molar-refractivity contribution in [1.82, 2.24) is 0 Å². The fraction of sp³-hybridized carbons (Fsp3) is 0.348. The zero-order valence-corrected chi connectivity index (χ0v) is 16.6. The topological polar surface area (TPSA) is 59.6 Å². The van der Waals surface area contributed by atoms with Gasteiger partial charge in [-0.3, -0.25) is 4.79 Å². The summed E-state index contributed by atoms with van der Waals surface area (Å²) in [6.45, 7) is 7.16. The van der Waals surface area contributed by atoms with Crippen molar-refractivity contribution in [1.29, 1.82) is 0 Å². The smallest absolute Gasteiger partial charge is 0.243 e. The molecule has 2 N–H and O–H groups in total. The summed E-state index contributed by atoms with van der Waals surface area (Å²) in [5, 5.41) is 5.98. The number of rotatable bonds is 13. The lowest BCUT2D eigenvalue weighted by molar-refractivity contribution is -0.114. The van der Waals surface area contributed by atoms with Gasteiger partial charge in [0.2, 0.25) is 5.91 Å². The number of carbonyl (C=O) groups is 1. The molecule has 150 valence electrons. The predicted octanol–water partition coefficient (Wildman–Crippen LogP) is 5.26. The maximum Gasteiger partial charge on any atom is 0.243 e. The number of hydrogen-bond acceptors (Lipinski definition) is 4. The SMILES string of the molecule is C=CCOc1ccc(NC(=O)CNc2cccc(OCCCCCC)c2)cc1. The molecule has 5 nitrogen and oxygen atoms in total. The Kier molecular flexibility index (Phi) is 9.49. The van der Waals surface area contributed by atoms with Gasteiger partial charge in [0.25, 0.3) is 0 Å². The van der Waals surface area contributed by atoms with E-state index in [0.29, 0.717) is 6.61 Å². The monoisotopic (exact) mass is 382 g/mol. The Balaban J connectivity index is 1.74. The summed E-state index contributed by atoms with van der Waals surface area (Å²) in [7, 11) is 0. The first-order valence-electron chi connectivity index (χ1n) is 9.81. The molecule has 0 aliphatic heterocycles. The first-order valence-corrected chi connectivity index (χ1v) is 9.81. The van der Waals surface area contributed by atoms with E-state index in [1.807, 2.05) is 48.5 Å². The van der Waals surface area contributed by atoms with Crippen LogP contribution in [0.15, 0.2) is 61.2 Å². The van der Waals surface area contributed by atoms with Crippen LogP contribution in [0.5, 0.6) is 11.5 Å². The van der Waals surface area contributed by atoms with E-state index >= 15 is 0 Å². The minimum atomic E-state index is -0.120. The molecule has 2 rings (SSSR count). The quantitative estimate of drug-likeness (QED) is 0.366. The fourth-order valence-electron chi connectivity index (χ4n) is 2.59. The predicted molar refractivity (Wildman–Crippen MR) is 115 cm³/mol. The number of amides is 1. The van der Waals surface area contributed by atoms with Gasteiger partial charge >= 0.3 is 0 Å². The molecule has 0 saturated carbocycles. The molecule has 0 radical (unpaired) electrons. The van der Waals surface area contributed by atoms with Crippen LogP contribution >= 0.6 is 0 Å². The highest BCUT2D eigenvalue weighted by molar-refractivity contribution is 5.93. The summed E-state index contributed by atoms with van der Waals surface area (Å²) < 4.78 is 11.2. The van der Waals surface area contributed by atoms with Crippen LogP contribution in [0.3, 0.4) is 0 Å². The molecule has 0 saturated heterocycles. The summed E-state index contributed by atoms with van der Waals surface area (Å²) >= 11 is 0. The van der Waals surface area contributed by atoms with Crippen LogP contribution < -0.4 is 20.1 Å². The van der Waals surface area contributed by atoms with Gasteiger partial charge < -0.3 is 20.1 Å². The van der Waals surface area contributed by atoms with E-state index in [2.05, 4.69) is 24.1 Å². The average Bonchev–Trinajstić information content (AvgIpc) is 2.72. The highest BCUT2D eigenvalue weighted by Crippen LogP contribution is 2.18. The second-order valence-corrected chi connectivity index (χ2v) is 6.46. The van der Waals surface area contributed by atoms with E-state index in [9.17, 15) is 4.79 Å². The molecule has 0 heterocycles. The molecule has 1 amide bonds. The first-order chi connectivity index (χ1) is 13.7. The Morgan fingerprint density at radius 1 is 1.00 bits per heavy atom. The third kappa shape index (κ3) is 8.16. The Labute approximate surface area is 167 Å². The molecule has 0 aromatic heterocycles. The first kappa shape index (κ1) is 21.4. The molecular formula is C23H30N2O3. The summed E-state index contributed by atoms with van der Waals surface area (Å²) in [4.78, 5) is 12.2. The van der Waals surface area contributed by atoms with Gasteiger partial charge in [-0.05, 0) is 42.8 Å². The molecule has 2 aromatic rings. The van der Waals surface area contributed by atoms with Crippen molar-refractivity contribution in [3.05, 3.63) is 61.2 Å². The number of anilines is 2. The third-order valence-electron chi connectivity index (χ3n) is 4.06. The van der Waals surface area contributed by atoms with Gasteiger partial charge in [0.1, 0.15) is 18.1 Å². The van der Waals surface area contributed by atoms with Crippen LogP contribution in [0.25, 0.3) is 0 Å². The molecule has 0 aliphatic rings. The van der Waals surface area contributed by atoms with Crippen molar-refractivity contribution < 1.29 is 14.3 Å². The maximum absolute atomic E-state index is 12.2. The van der Waals surface area contributed by atoms with Crippen LogP contribution in [-0.4, -0.2) is 25.7 Å². The Morgan fingerprint density at radius 2 is 1.82 bits per heavy atom. The molecule has 0 atom stereocenters. The molecule has 0 fully saturated rings. The van der Waals surface area contributed by atoms with Crippen molar-refractivity contribution >= 4 is 17.3 Å². The minimum Gasteiger partial charge on any atom is -0.494 e. The summed E-state index contributed by atoms with van der Waals surface area (Å²) in [6, 6.07) is 14.9. The number of unbranched alkanes of at least 4 members (excludes halogenated alkanes) is 3. The van der Waals surface area contributed by atoms with Crippen molar-refractivity contribution in [2.24, 2.45) is 0 Å². The van der Waals surface area contributed by atoms with Crippen molar-refractivity contribution in [2.45, 2.75) is 32.6 Å². The lowest BCUT2D eigenvalue weighted by atomic mass is 10.2. The van der Waals surface area contributed by atoms with Crippen molar-refractivity contribution in [2.75, 3.05) is 30.4 Å². The second kappa shape index (κ2) is 12.4. The fourth-order valence-corrected chi connectivity index (χ4v) is 2.59. The molecule has 0 bridgehead atoms. The highest BCUT2D eigenvalue weighted by atomic mass is 16.5. The molecule has 0 spiro atoms. The molecule has 28 heavy (non-hydrogen) atoms. The summed E-state index contributed by atoms with van der Waals surface area (Å²) in [5.74, 6) is 1.44. The van der Waals surface area contributed by atoms with Gasteiger partial charge in [-0.1, -0.05) is 44.9 Å². The normalized spacial score (nSPS) is 10.2. The summed E-state index contributed by atoms with van der Waals surface area (Å²) in [6.07, 6.45) is 6.40. The van der Waals surface area contributed by atoms with Gasteiger partial charge in [0.05, 0.1) is 13.2 Å². The minimum absolute atomic E-state index is 0.120. The lowest BCUT2D eigenvalue weighted by Crippen LogP contribution is -2.21. The van der Waals surface area contributed by atoms with E-state index in [1.165, 1.54) is 19.3 Å². The highest BCUT2D eigenvalue weighted by Gasteiger charge is 2.04. The van der Waals surface area contributed by atoms with Crippen LogP contribution in [0, 0.1) is 0 Å². The van der Waals surface area contributed by atoms with E-state index in [0.717, 1.165) is 35.9 Å². The molecule has 0 aliphatic carbocycles. The van der Waals surface area contributed by atoms with Gasteiger partial charge in [-0.15, -0.1) is 0 Å². The standard InChI is InChI=1S/C23H30N2O3/c1-3-5-6-7-16-28-22-10-8-9-20(17-22)24-18-23(26)25-19-11-13-21(14-12-19)27-15-4-2/h4,8-14,17,24H,2-3,5-7,15-16,18H2,1H3,(H,25,26). The van der Waals surface area contributed by atoms with E-state index < -0.39 is 0 Å². The number of hydrogen-bond donors (Lipinski definition) is 2. The van der Waals surface area contributed by atoms with Gasteiger partial charge in [-0.25, -0.2) is 0 Å². The van der Waals surface area contributed by atoms with Crippen LogP contribution in [-0.2, 0) is 4.79 Å². The van der Waals surface area contributed by atoms with Crippen molar-refractivity contribution in [3.63, 3.8) is 0 Å². The summed E-state index contributed by atoms with van der Waals surface area (Å²) in [5.41, 5.74) is 1.58. The lowest BCUT2D eigenvalue weighted by Gasteiger charge is -2.11. The van der Waals surface area contributed by atoms with E-state index in [-0.39, 0.29) is 12.5 Å². The van der Waals surface area contributed by atoms with E-state index in [1.54, 1.807) is 6.08 Å². The Bertz CT molecular complexity index is 729. The number of nitrogens with one attached hydrogen (secondary N) is 2. The zero-order valence-electron chi connectivity index (χ0n) is 16.6. The third-order valence-corrected chi connectivity index (χ3v) is 4.06. The Morgan fingerprint density at radius 3 is 2.57 bits per heavy atom. The van der Waals surface area contributed by atoms with Crippen molar-refractivity contribution in [3.8, 4) is 11.5 Å². The molecular weight excluding hydrogens is 352 g/mol. The number of ether oxygens (including phenoxy) is 2. The maximum atomic E-state index is 12.2. The largest absolute Gasteiger partial charge is 0.494 e. The molecule has 5 heteroatoms. The van der Waals surface area contributed by atoms with Crippen LogP contribution in [0.2, 0.25) is 0 Å². The van der Waals surface area contributed by atoms with Crippen LogP contribution in [0.1, 0.15) is 32.6 Å². The zero-order chi connectivity index (χ0) is 20.0. The van der Waals surface area contributed by atoms with Crippen LogP contribution in [0.4, 0.5) is 11.4 Å². The number of benzene rings is 2.